The molecule has 2 atom stereocenters. The van der Waals surface area contributed by atoms with Crippen LogP contribution in [0.15, 0.2) is 12.2 Å². The second kappa shape index (κ2) is 7.09. The van der Waals surface area contributed by atoms with E-state index in [1.807, 2.05) is 0 Å². The molecule has 0 aromatic rings. The lowest BCUT2D eigenvalue weighted by Crippen LogP contribution is -2.22. The number of allylic oxidation sites excluding steroid dienone is 2. The number of hydrogen-bond acceptors (Lipinski definition) is 0. The first-order valence-electron chi connectivity index (χ1n) is 6.27. The van der Waals surface area contributed by atoms with E-state index in [0.717, 1.165) is 5.92 Å². The normalized spacial score (nSPS) is 18.4. The van der Waals surface area contributed by atoms with Gasteiger partial charge in [0.15, 0.2) is 0 Å². The molecule has 84 valence electrons. The van der Waals surface area contributed by atoms with Crippen LogP contribution in [0.1, 0.15) is 66.7 Å². The Bertz CT molecular complexity index is 157. The van der Waals surface area contributed by atoms with Gasteiger partial charge in [0.2, 0.25) is 0 Å². The highest BCUT2D eigenvalue weighted by Crippen LogP contribution is 2.36. The number of rotatable bonds is 7. The summed E-state index contributed by atoms with van der Waals surface area (Å²) >= 11 is 0. The van der Waals surface area contributed by atoms with Gasteiger partial charge in [0, 0.05) is 0 Å². The fourth-order valence-electron chi connectivity index (χ4n) is 2.00. The molecule has 14 heavy (non-hydrogen) atoms. The van der Waals surface area contributed by atoms with Crippen LogP contribution >= 0.6 is 0 Å². The predicted octanol–water partition coefficient (Wildman–Crippen LogP) is 5.20. The molecule has 0 amide bonds. The Hall–Kier alpha value is -0.260. The van der Waals surface area contributed by atoms with E-state index in [4.69, 9.17) is 0 Å². The third kappa shape index (κ3) is 4.30. The minimum Gasteiger partial charge on any atom is -0.0883 e. The molecule has 0 aromatic heterocycles. The zero-order valence-corrected chi connectivity index (χ0v) is 10.8. The molecule has 0 N–H and O–H groups in total. The van der Waals surface area contributed by atoms with Crippen LogP contribution in [0.25, 0.3) is 0 Å². The maximum absolute atomic E-state index is 2.43. The lowest BCUT2D eigenvalue weighted by Gasteiger charge is -2.33. The molecule has 0 aliphatic carbocycles. The minimum absolute atomic E-state index is 0.513. The van der Waals surface area contributed by atoms with Crippen LogP contribution in [0.2, 0.25) is 0 Å². The molecule has 0 spiro atoms. The highest BCUT2D eigenvalue weighted by atomic mass is 14.3. The summed E-state index contributed by atoms with van der Waals surface area (Å²) in [6, 6.07) is 0. The van der Waals surface area contributed by atoms with Crippen molar-refractivity contribution in [3.63, 3.8) is 0 Å². The summed E-state index contributed by atoms with van der Waals surface area (Å²) in [6.45, 7) is 11.6. The van der Waals surface area contributed by atoms with Gasteiger partial charge < -0.3 is 0 Å². The van der Waals surface area contributed by atoms with E-state index in [-0.39, 0.29) is 0 Å². The zero-order valence-electron chi connectivity index (χ0n) is 10.8. The van der Waals surface area contributed by atoms with Gasteiger partial charge in [0.1, 0.15) is 0 Å². The van der Waals surface area contributed by atoms with Gasteiger partial charge in [-0.3, -0.25) is 0 Å². The molecular formula is C14H28. The first-order chi connectivity index (χ1) is 6.60. The van der Waals surface area contributed by atoms with Crippen molar-refractivity contribution in [2.75, 3.05) is 0 Å². The van der Waals surface area contributed by atoms with E-state index in [0.29, 0.717) is 5.41 Å². The molecule has 0 radical (unpaired) electrons. The lowest BCUT2D eigenvalue weighted by atomic mass is 9.72. The predicted molar refractivity (Wildman–Crippen MR) is 66.5 cm³/mol. The summed E-state index contributed by atoms with van der Waals surface area (Å²) in [5.74, 6) is 0.721. The van der Waals surface area contributed by atoms with Crippen LogP contribution in [-0.4, -0.2) is 0 Å². The molecule has 0 fully saturated rings. The fourth-order valence-corrected chi connectivity index (χ4v) is 2.00. The van der Waals surface area contributed by atoms with Crippen molar-refractivity contribution < 1.29 is 0 Å². The van der Waals surface area contributed by atoms with E-state index in [9.17, 15) is 0 Å². The summed E-state index contributed by atoms with van der Waals surface area (Å²) in [6.07, 6.45) is 11.2. The molecule has 0 aromatic carbocycles. The van der Waals surface area contributed by atoms with Crippen LogP contribution in [0.4, 0.5) is 0 Å². The average Bonchev–Trinajstić information content (AvgIpc) is 2.18. The van der Waals surface area contributed by atoms with E-state index < -0.39 is 0 Å². The number of hydrogen-bond donors (Lipinski definition) is 0. The second-order valence-electron chi connectivity index (χ2n) is 4.76. The standard InChI is InChI=1S/C14H28/c1-6-9-10-11-13(4)14(5,8-3)12-7-2/h10-11,13H,6-9,12H2,1-5H3. The zero-order chi connectivity index (χ0) is 11.0. The van der Waals surface area contributed by atoms with E-state index in [1.54, 1.807) is 0 Å². The molecule has 0 rings (SSSR count). The molecule has 0 nitrogen and oxygen atoms in total. The smallest absolute Gasteiger partial charge is 0.0208 e. The van der Waals surface area contributed by atoms with E-state index >= 15 is 0 Å². The fraction of sp³-hybridized carbons (Fsp3) is 0.857. The third-order valence-electron chi connectivity index (χ3n) is 3.61. The van der Waals surface area contributed by atoms with Crippen molar-refractivity contribution in [2.24, 2.45) is 11.3 Å². The molecule has 0 saturated carbocycles. The van der Waals surface area contributed by atoms with Crippen LogP contribution in [-0.2, 0) is 0 Å². The largest absolute Gasteiger partial charge is 0.0883 e. The number of unbranched alkanes of at least 4 members (excludes halogenated alkanes) is 1. The van der Waals surface area contributed by atoms with Crippen LogP contribution in [0.5, 0.6) is 0 Å². The topological polar surface area (TPSA) is 0 Å². The van der Waals surface area contributed by atoms with Crippen molar-refractivity contribution in [3.05, 3.63) is 12.2 Å². The SMILES string of the molecule is CCCC=CC(C)C(C)(CC)CCC. The Morgan fingerprint density at radius 3 is 2.21 bits per heavy atom. The molecular weight excluding hydrogens is 168 g/mol. The van der Waals surface area contributed by atoms with E-state index in [2.05, 4.69) is 46.8 Å². The van der Waals surface area contributed by atoms with Crippen molar-refractivity contribution in [3.8, 4) is 0 Å². The monoisotopic (exact) mass is 196 g/mol. The molecule has 0 aliphatic rings. The van der Waals surface area contributed by atoms with Crippen molar-refractivity contribution in [1.82, 2.24) is 0 Å². The molecule has 0 heteroatoms. The van der Waals surface area contributed by atoms with Crippen molar-refractivity contribution in [1.29, 1.82) is 0 Å². The van der Waals surface area contributed by atoms with Crippen LogP contribution in [0, 0.1) is 11.3 Å². The van der Waals surface area contributed by atoms with Gasteiger partial charge in [-0.25, -0.2) is 0 Å². The highest BCUT2D eigenvalue weighted by Gasteiger charge is 2.26. The summed E-state index contributed by atoms with van der Waals surface area (Å²) < 4.78 is 0. The summed E-state index contributed by atoms with van der Waals surface area (Å²) in [7, 11) is 0. The van der Waals surface area contributed by atoms with Crippen molar-refractivity contribution >= 4 is 0 Å². The summed E-state index contributed by atoms with van der Waals surface area (Å²) in [5.41, 5.74) is 0.513. The van der Waals surface area contributed by atoms with Gasteiger partial charge in [-0.15, -0.1) is 0 Å². The van der Waals surface area contributed by atoms with Gasteiger partial charge in [-0.1, -0.05) is 66.0 Å². The summed E-state index contributed by atoms with van der Waals surface area (Å²) in [5, 5.41) is 0. The van der Waals surface area contributed by atoms with Crippen molar-refractivity contribution in [2.45, 2.75) is 66.7 Å². The van der Waals surface area contributed by atoms with Gasteiger partial charge in [-0.05, 0) is 24.2 Å². The minimum atomic E-state index is 0.513. The second-order valence-corrected chi connectivity index (χ2v) is 4.76. The Kier molecular flexibility index (Phi) is 6.96. The Morgan fingerprint density at radius 1 is 1.14 bits per heavy atom. The van der Waals surface area contributed by atoms with Gasteiger partial charge >= 0.3 is 0 Å². The molecule has 0 saturated heterocycles. The highest BCUT2D eigenvalue weighted by molar-refractivity contribution is 4.94. The molecule has 0 bridgehead atoms. The molecule has 0 aliphatic heterocycles. The maximum atomic E-state index is 2.43. The molecule has 2 unspecified atom stereocenters. The van der Waals surface area contributed by atoms with Gasteiger partial charge in [0.25, 0.3) is 0 Å². The van der Waals surface area contributed by atoms with Gasteiger partial charge in [0.05, 0.1) is 0 Å². The Morgan fingerprint density at radius 2 is 1.79 bits per heavy atom. The lowest BCUT2D eigenvalue weighted by molar-refractivity contribution is 0.210. The van der Waals surface area contributed by atoms with Gasteiger partial charge in [-0.2, -0.15) is 0 Å². The quantitative estimate of drug-likeness (QED) is 0.491. The maximum Gasteiger partial charge on any atom is -0.0208 e. The van der Waals surface area contributed by atoms with Crippen LogP contribution < -0.4 is 0 Å². The Balaban J connectivity index is 4.21. The Labute approximate surface area is 90.8 Å². The molecule has 0 heterocycles. The first kappa shape index (κ1) is 13.7. The first-order valence-corrected chi connectivity index (χ1v) is 6.27. The van der Waals surface area contributed by atoms with Crippen LogP contribution in [0.3, 0.4) is 0 Å². The average molecular weight is 196 g/mol. The summed E-state index contributed by atoms with van der Waals surface area (Å²) in [4.78, 5) is 0. The third-order valence-corrected chi connectivity index (χ3v) is 3.61. The van der Waals surface area contributed by atoms with E-state index in [1.165, 1.54) is 32.1 Å².